The van der Waals surface area contributed by atoms with Gasteiger partial charge in [0.2, 0.25) is 6.23 Å². The zero-order valence-electron chi connectivity index (χ0n) is 17.5. The number of hydrogen-bond donors (Lipinski definition) is 3. The molecule has 1 aliphatic rings. The Labute approximate surface area is 177 Å². The van der Waals surface area contributed by atoms with Gasteiger partial charge in [0.15, 0.2) is 11.9 Å². The zero-order chi connectivity index (χ0) is 23.4. The van der Waals surface area contributed by atoms with Gasteiger partial charge in [-0.05, 0) is 26.8 Å². The van der Waals surface area contributed by atoms with Crippen LogP contribution < -0.4 is 11.0 Å². The average molecular weight is 447 g/mol. The van der Waals surface area contributed by atoms with Crippen molar-refractivity contribution in [3.63, 3.8) is 0 Å². The number of nitrogens with one attached hydrogen (secondary N) is 1. The number of aliphatic hydroxyl groups excluding tert-OH is 2. The molecule has 0 radical (unpaired) electrons. The van der Waals surface area contributed by atoms with Crippen LogP contribution in [0.15, 0.2) is 17.1 Å². The van der Waals surface area contributed by atoms with Crippen LogP contribution in [0.1, 0.15) is 39.1 Å². The number of aliphatic hydroxyl groups is 2. The quantitative estimate of drug-likeness (QED) is 0.430. The van der Waals surface area contributed by atoms with Gasteiger partial charge in [-0.15, -0.1) is 0 Å². The number of rotatable bonds is 9. The van der Waals surface area contributed by atoms with E-state index in [4.69, 9.17) is 14.6 Å². The molecule has 1 aromatic heterocycles. The smallest absolute Gasteiger partial charge is 0.350 e. The van der Waals surface area contributed by atoms with E-state index in [1.54, 1.807) is 0 Å². The van der Waals surface area contributed by atoms with E-state index in [0.717, 1.165) is 6.20 Å². The summed E-state index contributed by atoms with van der Waals surface area (Å²) in [6.07, 6.45) is -5.28. The third-order valence-corrected chi connectivity index (χ3v) is 4.46. The molecule has 0 aliphatic carbocycles. The van der Waals surface area contributed by atoms with Crippen molar-refractivity contribution in [3.05, 3.63) is 28.4 Å². The average Bonchev–Trinajstić information content (AvgIpc) is 2.88. The summed E-state index contributed by atoms with van der Waals surface area (Å²) in [5.41, 5.74) is -1.28. The van der Waals surface area contributed by atoms with Crippen molar-refractivity contribution in [1.29, 1.82) is 0 Å². The number of nitrogens with zero attached hydrogens (tertiary/aromatic N) is 2. The number of carbonyl (C=O) groups excluding carboxylic acids is 2. The van der Waals surface area contributed by atoms with E-state index in [-0.39, 0.29) is 24.1 Å². The normalized spacial score (nSPS) is 23.0. The monoisotopic (exact) mass is 447 g/mol. The molecule has 0 spiro atoms. The van der Waals surface area contributed by atoms with Gasteiger partial charge in [-0.3, -0.25) is 14.2 Å². The highest BCUT2D eigenvalue weighted by Gasteiger charge is 2.59. The van der Waals surface area contributed by atoms with Gasteiger partial charge < -0.3 is 25.0 Å². The number of aromatic nitrogens is 2. The summed E-state index contributed by atoms with van der Waals surface area (Å²) >= 11 is 0. The second kappa shape index (κ2) is 9.90. The first-order valence-corrected chi connectivity index (χ1v) is 9.67. The topological polar surface area (TPSA) is 140 Å². The van der Waals surface area contributed by atoms with Crippen LogP contribution in [0, 0.1) is 0 Å². The molecule has 0 unspecified atom stereocenters. The maximum absolute atomic E-state index is 14.2. The Morgan fingerprint density at radius 3 is 2.61 bits per heavy atom. The van der Waals surface area contributed by atoms with Crippen molar-refractivity contribution in [3.8, 4) is 0 Å². The summed E-state index contributed by atoms with van der Waals surface area (Å²) in [6, 6.07) is 1.17. The molecule has 3 N–H and O–H groups in total. The van der Waals surface area contributed by atoms with E-state index in [2.05, 4.69) is 10.3 Å². The van der Waals surface area contributed by atoms with Crippen LogP contribution in [0.5, 0.6) is 0 Å². The molecule has 12 heteroatoms. The number of ether oxygens (including phenoxy) is 2. The van der Waals surface area contributed by atoms with Crippen molar-refractivity contribution in [2.24, 2.45) is 0 Å². The van der Waals surface area contributed by atoms with Gasteiger partial charge in [0.25, 0.3) is 0 Å². The lowest BCUT2D eigenvalue weighted by Gasteiger charge is -2.21. The fraction of sp³-hybridized carbons (Fsp3) is 0.684. The van der Waals surface area contributed by atoms with Gasteiger partial charge in [0, 0.05) is 18.3 Å². The van der Waals surface area contributed by atoms with Crippen molar-refractivity contribution in [1.82, 2.24) is 14.9 Å². The van der Waals surface area contributed by atoms with Gasteiger partial charge in [-0.2, -0.15) is 13.8 Å². The maximum atomic E-state index is 14.2. The number of alkyl halides is 2. The minimum Gasteiger partial charge on any atom is -0.458 e. The van der Waals surface area contributed by atoms with Gasteiger partial charge >= 0.3 is 17.6 Å². The fourth-order valence-electron chi connectivity index (χ4n) is 2.87. The molecule has 1 aliphatic heterocycles. The Kier molecular flexibility index (Phi) is 7.98. The lowest BCUT2D eigenvalue weighted by atomic mass is 10.1. The van der Waals surface area contributed by atoms with Crippen LogP contribution in [-0.2, 0) is 25.5 Å². The lowest BCUT2D eigenvalue weighted by Crippen LogP contribution is -2.41. The fourth-order valence-corrected chi connectivity index (χ4v) is 2.87. The minimum atomic E-state index is -3.83. The number of esters is 1. The lowest BCUT2D eigenvalue weighted by molar-refractivity contribution is -0.147. The van der Waals surface area contributed by atoms with Crippen LogP contribution in [0.2, 0.25) is 0 Å². The predicted molar refractivity (Wildman–Crippen MR) is 102 cm³/mol. The van der Waals surface area contributed by atoms with E-state index in [0.29, 0.717) is 11.1 Å². The summed E-state index contributed by atoms with van der Waals surface area (Å²) in [5.74, 6) is -4.92. The summed E-state index contributed by atoms with van der Waals surface area (Å²) in [4.78, 5) is 39.4. The molecule has 1 aromatic rings. The SMILES string of the molecule is CC(C)(C)NCCC(=O)OCC(=O)Cc1ccn([C@@H]2O[C@H](CO)[C@@H](O)C2(F)F)c(=O)n1. The molecular formula is C19H27F2N3O7. The van der Waals surface area contributed by atoms with E-state index >= 15 is 0 Å². The molecule has 10 nitrogen and oxygen atoms in total. The number of hydrogen-bond acceptors (Lipinski definition) is 9. The van der Waals surface area contributed by atoms with E-state index in [1.807, 2.05) is 20.8 Å². The second-order valence-electron chi connectivity index (χ2n) is 8.24. The van der Waals surface area contributed by atoms with Crippen molar-refractivity contribution >= 4 is 11.8 Å². The Bertz CT molecular complexity index is 854. The van der Waals surface area contributed by atoms with Crippen molar-refractivity contribution in [2.75, 3.05) is 19.8 Å². The highest BCUT2D eigenvalue weighted by molar-refractivity contribution is 5.83. The largest absolute Gasteiger partial charge is 0.458 e. The zero-order valence-corrected chi connectivity index (χ0v) is 17.5. The maximum Gasteiger partial charge on any atom is 0.350 e. The van der Waals surface area contributed by atoms with Crippen LogP contribution in [0.3, 0.4) is 0 Å². The van der Waals surface area contributed by atoms with E-state index in [9.17, 15) is 28.3 Å². The summed E-state index contributed by atoms with van der Waals surface area (Å²) < 4.78 is 38.6. The van der Waals surface area contributed by atoms with Gasteiger partial charge in [-0.25, -0.2) is 4.79 Å². The van der Waals surface area contributed by atoms with Crippen molar-refractivity contribution < 1.29 is 38.1 Å². The first-order valence-electron chi connectivity index (χ1n) is 9.67. The minimum absolute atomic E-state index is 0.00253. The first kappa shape index (κ1) is 25.0. The van der Waals surface area contributed by atoms with Gasteiger partial charge in [0.1, 0.15) is 12.7 Å². The molecule has 2 heterocycles. The van der Waals surface area contributed by atoms with Gasteiger partial charge in [0.05, 0.1) is 25.1 Å². The number of carbonyl (C=O) groups is 2. The van der Waals surface area contributed by atoms with E-state index in [1.165, 1.54) is 6.07 Å². The second-order valence-corrected chi connectivity index (χ2v) is 8.24. The molecule has 1 saturated heterocycles. The van der Waals surface area contributed by atoms with Crippen molar-refractivity contribution in [2.45, 2.75) is 63.5 Å². The molecular weight excluding hydrogens is 420 g/mol. The van der Waals surface area contributed by atoms with Crippen LogP contribution in [-0.4, -0.2) is 74.9 Å². The molecule has 174 valence electrons. The summed E-state index contributed by atoms with van der Waals surface area (Å²) in [7, 11) is 0. The predicted octanol–water partition coefficient (Wildman–Crippen LogP) is -0.438. The molecule has 0 bridgehead atoms. The summed E-state index contributed by atoms with van der Waals surface area (Å²) in [6.45, 7) is 4.84. The molecule has 0 amide bonds. The van der Waals surface area contributed by atoms with Crippen LogP contribution >= 0.6 is 0 Å². The molecule has 31 heavy (non-hydrogen) atoms. The van der Waals surface area contributed by atoms with Crippen LogP contribution in [0.25, 0.3) is 0 Å². The Morgan fingerprint density at radius 1 is 1.39 bits per heavy atom. The third-order valence-electron chi connectivity index (χ3n) is 4.46. The van der Waals surface area contributed by atoms with E-state index < -0.39 is 55.0 Å². The molecule has 3 atom stereocenters. The molecule has 1 fully saturated rings. The summed E-state index contributed by atoms with van der Waals surface area (Å²) in [5, 5.41) is 21.7. The Morgan fingerprint density at radius 2 is 2.06 bits per heavy atom. The number of Topliss-reactive ketones (excluding diaryl/α,β-unsaturated/α-hetero) is 1. The molecule has 0 saturated carbocycles. The van der Waals surface area contributed by atoms with Gasteiger partial charge in [-0.1, -0.05) is 0 Å². The Hall–Kier alpha value is -2.28. The molecule has 0 aromatic carbocycles. The van der Waals surface area contributed by atoms with Crippen LogP contribution in [0.4, 0.5) is 8.78 Å². The standard InChI is InChI=1S/C19H27F2N3O7/c1-18(2,3)22-6-4-14(27)30-10-12(26)8-11-5-7-24(17(29)23-11)16-19(20,21)15(28)13(9-25)31-16/h5,7,13,15-16,22,25,28H,4,6,8-10H2,1-3H3/t13-,15-,16-/m1/s1. The molecule has 2 rings (SSSR count). The highest BCUT2D eigenvalue weighted by Crippen LogP contribution is 2.41. The highest BCUT2D eigenvalue weighted by atomic mass is 19.3. The Balaban J connectivity index is 1.92. The number of halogens is 2. The third kappa shape index (κ3) is 6.60. The number of ketones is 1. The first-order chi connectivity index (χ1) is 14.3.